The highest BCUT2D eigenvalue weighted by atomic mass is 79.9. The van der Waals surface area contributed by atoms with Crippen LogP contribution in [-0.4, -0.2) is 72.8 Å². The minimum atomic E-state index is -1.11. The number of carbonyl (C=O) groups excluding carboxylic acids is 1. The number of aliphatic hydroxyl groups is 1. The number of hydrogen-bond donors (Lipinski definition) is 2. The molecule has 3 aliphatic rings. The first-order valence-electron chi connectivity index (χ1n) is 13.1. The quantitative estimate of drug-likeness (QED) is 0.483. The van der Waals surface area contributed by atoms with E-state index in [0.29, 0.717) is 37.0 Å². The number of ether oxygens (including phenoxy) is 1. The number of fused-ring (bicyclic) bond motifs is 2. The molecule has 2 N–H and O–H groups in total. The number of nitrogens with zero attached hydrogens (tertiary/aromatic N) is 5. The third kappa shape index (κ3) is 6.10. The summed E-state index contributed by atoms with van der Waals surface area (Å²) in [4.78, 5) is 31.3. The van der Waals surface area contributed by atoms with E-state index in [-0.39, 0.29) is 18.2 Å². The minimum absolute atomic E-state index is 0.0976. The Morgan fingerprint density at radius 1 is 1.18 bits per heavy atom. The minimum Gasteiger partial charge on any atom is -0.444 e. The van der Waals surface area contributed by atoms with Crippen LogP contribution in [-0.2, 0) is 11.3 Å². The molecule has 3 aromatic rings. The van der Waals surface area contributed by atoms with Crippen molar-refractivity contribution in [1.82, 2.24) is 29.5 Å². The second-order valence-corrected chi connectivity index (χ2v) is 12.5. The molecule has 1 amide bonds. The monoisotopic (exact) mass is 586 g/mol. The Hall–Kier alpha value is -2.76. The Morgan fingerprint density at radius 2 is 1.84 bits per heavy atom. The molecular formula is C27H35BrN6O4. The van der Waals surface area contributed by atoms with Crippen LogP contribution in [0.3, 0.4) is 0 Å². The predicted octanol–water partition coefficient (Wildman–Crippen LogP) is 3.33. The summed E-state index contributed by atoms with van der Waals surface area (Å²) >= 11 is 3.40. The van der Waals surface area contributed by atoms with Gasteiger partial charge in [-0.05, 0) is 89.2 Å². The molecule has 2 saturated heterocycles. The predicted molar refractivity (Wildman–Crippen MR) is 147 cm³/mol. The van der Waals surface area contributed by atoms with Crippen LogP contribution in [0.4, 0.5) is 4.79 Å². The lowest BCUT2D eigenvalue weighted by atomic mass is 9.91. The van der Waals surface area contributed by atoms with Gasteiger partial charge in [0.1, 0.15) is 17.3 Å². The summed E-state index contributed by atoms with van der Waals surface area (Å²) in [6, 6.07) is 7.54. The zero-order chi connectivity index (χ0) is 27.1. The van der Waals surface area contributed by atoms with Gasteiger partial charge in [0.2, 0.25) is 0 Å². The molecule has 0 bridgehead atoms. The number of rotatable bonds is 3. The fourth-order valence-electron chi connectivity index (χ4n) is 5.00. The van der Waals surface area contributed by atoms with Gasteiger partial charge in [0, 0.05) is 17.6 Å². The summed E-state index contributed by atoms with van der Waals surface area (Å²) in [5.41, 5.74) is -0.693. The fourth-order valence-corrected chi connectivity index (χ4v) is 5.27. The lowest BCUT2D eigenvalue weighted by Crippen LogP contribution is -2.50. The van der Waals surface area contributed by atoms with E-state index in [2.05, 4.69) is 31.3 Å². The van der Waals surface area contributed by atoms with Crippen LogP contribution >= 0.6 is 15.9 Å². The number of likely N-dealkylation sites (tertiary alicyclic amines) is 1. The van der Waals surface area contributed by atoms with E-state index < -0.39 is 11.2 Å². The maximum absolute atomic E-state index is 13.0. The number of nitrogens with one attached hydrogen (secondary N) is 1. The van der Waals surface area contributed by atoms with E-state index in [1.54, 1.807) is 9.58 Å². The zero-order valence-electron chi connectivity index (χ0n) is 22.1. The molecule has 204 valence electrons. The number of amides is 1. The van der Waals surface area contributed by atoms with Crippen LogP contribution in [0.2, 0.25) is 0 Å². The van der Waals surface area contributed by atoms with Gasteiger partial charge in [0.05, 0.1) is 24.0 Å². The Bertz CT molecular complexity index is 1350. The Morgan fingerprint density at radius 3 is 2.39 bits per heavy atom. The van der Waals surface area contributed by atoms with Gasteiger partial charge in [-0.25, -0.2) is 14.5 Å². The molecule has 1 saturated carbocycles. The van der Waals surface area contributed by atoms with E-state index in [1.807, 2.05) is 45.0 Å². The number of carbonyl (C=O) groups is 1. The third-order valence-corrected chi connectivity index (χ3v) is 7.85. The highest BCUT2D eigenvalue weighted by Crippen LogP contribution is 2.40. The first-order chi connectivity index (χ1) is 18.0. The summed E-state index contributed by atoms with van der Waals surface area (Å²) in [5, 5.41) is 19.1. The van der Waals surface area contributed by atoms with Crippen molar-refractivity contribution < 1.29 is 14.6 Å². The van der Waals surface area contributed by atoms with Crippen molar-refractivity contribution in [3.63, 3.8) is 0 Å². The molecule has 0 radical (unpaired) electrons. The summed E-state index contributed by atoms with van der Waals surface area (Å²) in [5.74, 6) is 2.20. The Balaban J connectivity index is 0.000000424. The summed E-state index contributed by atoms with van der Waals surface area (Å²) in [7, 11) is 0. The van der Waals surface area contributed by atoms with E-state index in [1.165, 1.54) is 36.6 Å². The fraction of sp³-hybridized carbons (Fsp3) is 0.556. The van der Waals surface area contributed by atoms with Crippen LogP contribution in [0.15, 0.2) is 46.1 Å². The molecule has 10 nitrogen and oxygen atoms in total. The van der Waals surface area contributed by atoms with Gasteiger partial charge in [-0.15, -0.1) is 0 Å². The van der Waals surface area contributed by atoms with Gasteiger partial charge in [-0.1, -0.05) is 15.9 Å². The molecular weight excluding hydrogens is 552 g/mol. The lowest BCUT2D eigenvalue weighted by Gasteiger charge is -2.38. The van der Waals surface area contributed by atoms with Gasteiger partial charge < -0.3 is 20.1 Å². The van der Waals surface area contributed by atoms with E-state index in [4.69, 9.17) is 4.74 Å². The third-order valence-electron chi connectivity index (χ3n) is 7.32. The van der Waals surface area contributed by atoms with Crippen LogP contribution in [0.1, 0.15) is 40.0 Å². The SMILES string of the molecule is C1NCC2CC12.CC(C)(C)OC(=O)N1CCC(O)(Cn2cnc3c(cnn3-c3ccc(Br)cc3)c2=O)CC1. The number of benzene rings is 1. The summed E-state index contributed by atoms with van der Waals surface area (Å²) in [6.07, 6.45) is 4.76. The highest BCUT2D eigenvalue weighted by molar-refractivity contribution is 9.10. The molecule has 2 aliphatic heterocycles. The molecule has 2 atom stereocenters. The smallest absolute Gasteiger partial charge is 0.410 e. The molecule has 3 fully saturated rings. The van der Waals surface area contributed by atoms with Crippen LogP contribution < -0.4 is 10.9 Å². The van der Waals surface area contributed by atoms with E-state index >= 15 is 0 Å². The maximum atomic E-state index is 13.0. The molecule has 38 heavy (non-hydrogen) atoms. The number of hydrogen-bond acceptors (Lipinski definition) is 7. The molecule has 1 aromatic carbocycles. The normalized spacial score (nSPS) is 22.0. The van der Waals surface area contributed by atoms with Gasteiger partial charge in [-0.3, -0.25) is 9.36 Å². The lowest BCUT2D eigenvalue weighted by molar-refractivity contribution is -0.0419. The summed E-state index contributed by atoms with van der Waals surface area (Å²) in [6.45, 7) is 8.89. The molecule has 2 aromatic heterocycles. The van der Waals surface area contributed by atoms with Gasteiger partial charge in [-0.2, -0.15) is 5.10 Å². The molecule has 1 aliphatic carbocycles. The van der Waals surface area contributed by atoms with Gasteiger partial charge in [0.15, 0.2) is 5.65 Å². The number of piperidine rings is 2. The van der Waals surface area contributed by atoms with E-state index in [0.717, 1.165) is 22.0 Å². The van der Waals surface area contributed by atoms with Crippen molar-refractivity contribution in [2.75, 3.05) is 26.2 Å². The second-order valence-electron chi connectivity index (χ2n) is 11.6. The molecule has 6 rings (SSSR count). The maximum Gasteiger partial charge on any atom is 0.410 e. The Labute approximate surface area is 230 Å². The second kappa shape index (κ2) is 10.4. The molecule has 4 heterocycles. The number of aromatic nitrogens is 4. The largest absolute Gasteiger partial charge is 0.444 e. The van der Waals surface area contributed by atoms with Gasteiger partial charge in [0.25, 0.3) is 5.56 Å². The average molecular weight is 588 g/mol. The zero-order valence-corrected chi connectivity index (χ0v) is 23.6. The first-order valence-corrected chi connectivity index (χ1v) is 13.9. The summed E-state index contributed by atoms with van der Waals surface area (Å²) < 4.78 is 9.38. The highest BCUT2D eigenvalue weighted by Gasteiger charge is 2.40. The molecule has 0 spiro atoms. The van der Waals surface area contributed by atoms with Gasteiger partial charge >= 0.3 is 6.09 Å². The van der Waals surface area contributed by atoms with Crippen molar-refractivity contribution in [3.8, 4) is 5.69 Å². The standard InChI is InChI=1S/C22H26BrN5O4.C5H9N/c1-21(2,3)32-20(30)26-10-8-22(31,9-11-26)13-27-14-24-18-17(19(27)29)12-25-28(18)16-6-4-15(23)5-7-16;1-4-2-6-3-5(1)4/h4-7,12,14,31H,8-11,13H2,1-3H3;4-6H,1-3H2. The van der Waals surface area contributed by atoms with E-state index in [9.17, 15) is 14.7 Å². The van der Waals surface area contributed by atoms with Crippen LogP contribution in [0.25, 0.3) is 16.7 Å². The molecule has 2 unspecified atom stereocenters. The first kappa shape index (κ1) is 26.8. The van der Waals surface area contributed by atoms with Crippen LogP contribution in [0, 0.1) is 11.8 Å². The van der Waals surface area contributed by atoms with Crippen molar-refractivity contribution in [3.05, 3.63) is 51.6 Å². The van der Waals surface area contributed by atoms with Crippen molar-refractivity contribution in [1.29, 1.82) is 0 Å². The average Bonchev–Trinajstić information content (AvgIpc) is 3.23. The Kier molecular flexibility index (Phi) is 7.36. The van der Waals surface area contributed by atoms with Crippen molar-refractivity contribution in [2.24, 2.45) is 11.8 Å². The van der Waals surface area contributed by atoms with Crippen molar-refractivity contribution >= 4 is 33.1 Å². The number of halogens is 1. The molecule has 11 heteroatoms. The van der Waals surface area contributed by atoms with Crippen LogP contribution in [0.5, 0.6) is 0 Å². The van der Waals surface area contributed by atoms with Crippen molar-refractivity contribution in [2.45, 2.75) is 57.8 Å². The topological polar surface area (TPSA) is 115 Å².